The van der Waals surface area contributed by atoms with E-state index in [-0.39, 0.29) is 11.2 Å². The minimum absolute atomic E-state index is 0.363. The number of hydrogen-bond donors (Lipinski definition) is 1. The van der Waals surface area contributed by atoms with E-state index in [2.05, 4.69) is 65.8 Å². The summed E-state index contributed by atoms with van der Waals surface area (Å²) in [6.07, 6.45) is 0.845. The van der Waals surface area contributed by atoms with Gasteiger partial charge >= 0.3 is 7.12 Å². The minimum atomic E-state index is -0.396. The second kappa shape index (κ2) is 6.19. The van der Waals surface area contributed by atoms with Gasteiger partial charge in [0.05, 0.1) is 11.2 Å². The third-order valence-electron chi connectivity index (χ3n) is 5.69. The van der Waals surface area contributed by atoms with E-state index in [1.165, 1.54) is 22.3 Å². The van der Waals surface area contributed by atoms with Crippen molar-refractivity contribution in [2.75, 3.05) is 5.73 Å². The number of rotatable bonds is 3. The van der Waals surface area contributed by atoms with E-state index in [4.69, 9.17) is 15.0 Å². The number of benzene rings is 2. The normalized spacial score (nSPS) is 18.6. The molecule has 0 aliphatic carbocycles. The Labute approximate surface area is 151 Å². The number of nitrogen functional groups attached to an aromatic ring is 1. The number of nitrogens with two attached hydrogens (primary N) is 1. The van der Waals surface area contributed by atoms with Gasteiger partial charge in [0.25, 0.3) is 0 Å². The van der Waals surface area contributed by atoms with Crippen LogP contribution in [0.2, 0.25) is 0 Å². The molecule has 1 aliphatic heterocycles. The summed E-state index contributed by atoms with van der Waals surface area (Å²) >= 11 is 0. The van der Waals surface area contributed by atoms with Gasteiger partial charge in [0, 0.05) is 5.69 Å². The van der Waals surface area contributed by atoms with E-state index in [1.54, 1.807) is 0 Å². The fraction of sp³-hybridized carbons (Fsp3) is 0.429. The predicted molar refractivity (Wildman–Crippen MR) is 105 cm³/mol. The van der Waals surface area contributed by atoms with Gasteiger partial charge in [-0.05, 0) is 87.8 Å². The molecule has 132 valence electrons. The molecule has 0 saturated carbocycles. The molecule has 4 heteroatoms. The van der Waals surface area contributed by atoms with E-state index in [0.29, 0.717) is 0 Å². The van der Waals surface area contributed by atoms with Gasteiger partial charge in [0.1, 0.15) is 0 Å². The lowest BCUT2D eigenvalue weighted by atomic mass is 9.74. The van der Waals surface area contributed by atoms with Crippen molar-refractivity contribution in [1.29, 1.82) is 0 Å². The van der Waals surface area contributed by atoms with Crippen LogP contribution in [0.25, 0.3) is 0 Å². The van der Waals surface area contributed by atoms with Crippen molar-refractivity contribution in [3.63, 3.8) is 0 Å². The SMILES string of the molecule is Cc1cccc(C)c1Cc1ccc(N)cc1B1OC(C)(C)C(C)(C)O1. The molecule has 2 aromatic carbocycles. The Morgan fingerprint density at radius 2 is 1.48 bits per heavy atom. The summed E-state index contributed by atoms with van der Waals surface area (Å²) in [7, 11) is -0.396. The number of aryl methyl sites for hydroxylation is 2. The second-order valence-electron chi connectivity index (χ2n) is 8.09. The summed E-state index contributed by atoms with van der Waals surface area (Å²) in [5.41, 5.74) is 12.3. The van der Waals surface area contributed by atoms with Gasteiger partial charge in [-0.3, -0.25) is 0 Å². The van der Waals surface area contributed by atoms with Gasteiger partial charge in [0.15, 0.2) is 0 Å². The van der Waals surface area contributed by atoms with Crippen LogP contribution in [0.1, 0.15) is 49.9 Å². The lowest BCUT2D eigenvalue weighted by Crippen LogP contribution is -2.41. The van der Waals surface area contributed by atoms with Crippen LogP contribution in [0.5, 0.6) is 0 Å². The molecular weight excluding hydrogens is 309 g/mol. The molecule has 0 aromatic heterocycles. The average Bonchev–Trinajstić information content (AvgIpc) is 2.72. The molecular formula is C21H28BNO2. The average molecular weight is 337 g/mol. The third kappa shape index (κ3) is 3.33. The highest BCUT2D eigenvalue weighted by atomic mass is 16.7. The van der Waals surface area contributed by atoms with Crippen LogP contribution in [-0.2, 0) is 15.7 Å². The van der Waals surface area contributed by atoms with Gasteiger partial charge < -0.3 is 15.0 Å². The maximum Gasteiger partial charge on any atom is 0.495 e. The summed E-state index contributed by atoms with van der Waals surface area (Å²) in [5, 5.41) is 0. The minimum Gasteiger partial charge on any atom is -0.399 e. The van der Waals surface area contributed by atoms with Gasteiger partial charge in [-0.15, -0.1) is 0 Å². The molecule has 0 spiro atoms. The first kappa shape index (κ1) is 18.0. The highest BCUT2D eigenvalue weighted by Gasteiger charge is 2.52. The fourth-order valence-corrected chi connectivity index (χ4v) is 3.28. The van der Waals surface area contributed by atoms with Gasteiger partial charge in [-0.25, -0.2) is 0 Å². The molecule has 1 fully saturated rings. The summed E-state index contributed by atoms with van der Waals surface area (Å²) < 4.78 is 12.5. The molecule has 0 atom stereocenters. The van der Waals surface area contributed by atoms with Gasteiger partial charge in [-0.1, -0.05) is 24.3 Å². The first-order chi connectivity index (χ1) is 11.6. The highest BCUT2D eigenvalue weighted by Crippen LogP contribution is 2.37. The molecule has 3 nitrogen and oxygen atoms in total. The molecule has 2 N–H and O–H groups in total. The van der Waals surface area contributed by atoms with E-state index in [0.717, 1.165) is 17.6 Å². The second-order valence-corrected chi connectivity index (χ2v) is 8.09. The summed E-state index contributed by atoms with van der Waals surface area (Å²) in [6.45, 7) is 12.6. The van der Waals surface area contributed by atoms with Crippen LogP contribution >= 0.6 is 0 Å². The van der Waals surface area contributed by atoms with Crippen molar-refractivity contribution >= 4 is 18.3 Å². The quantitative estimate of drug-likeness (QED) is 0.685. The number of hydrogen-bond acceptors (Lipinski definition) is 3. The van der Waals surface area contributed by atoms with Crippen LogP contribution in [-0.4, -0.2) is 18.3 Å². The molecule has 2 aromatic rings. The molecule has 1 heterocycles. The molecule has 0 amide bonds. The molecule has 0 bridgehead atoms. The third-order valence-corrected chi connectivity index (χ3v) is 5.69. The van der Waals surface area contributed by atoms with Gasteiger partial charge in [0.2, 0.25) is 0 Å². The van der Waals surface area contributed by atoms with Crippen molar-refractivity contribution < 1.29 is 9.31 Å². The summed E-state index contributed by atoms with van der Waals surface area (Å²) in [6, 6.07) is 12.5. The van der Waals surface area contributed by atoms with E-state index < -0.39 is 7.12 Å². The first-order valence-corrected chi connectivity index (χ1v) is 8.90. The molecule has 25 heavy (non-hydrogen) atoms. The smallest absolute Gasteiger partial charge is 0.399 e. The van der Waals surface area contributed by atoms with Crippen LogP contribution < -0.4 is 11.2 Å². The predicted octanol–water partition coefficient (Wildman–Crippen LogP) is 3.78. The van der Waals surface area contributed by atoms with Crippen molar-refractivity contribution in [2.24, 2.45) is 0 Å². The maximum absolute atomic E-state index is 6.27. The van der Waals surface area contributed by atoms with Crippen molar-refractivity contribution in [2.45, 2.75) is 59.2 Å². The van der Waals surface area contributed by atoms with Crippen LogP contribution in [0, 0.1) is 13.8 Å². The first-order valence-electron chi connectivity index (χ1n) is 8.90. The Bertz CT molecular complexity index is 762. The molecule has 1 aliphatic rings. The lowest BCUT2D eigenvalue weighted by molar-refractivity contribution is 0.00578. The van der Waals surface area contributed by atoms with Crippen molar-refractivity contribution in [3.05, 3.63) is 58.7 Å². The fourth-order valence-electron chi connectivity index (χ4n) is 3.28. The van der Waals surface area contributed by atoms with E-state index in [1.807, 2.05) is 12.1 Å². The maximum atomic E-state index is 6.27. The lowest BCUT2D eigenvalue weighted by Gasteiger charge is -2.32. The Kier molecular flexibility index (Phi) is 4.46. The van der Waals surface area contributed by atoms with E-state index >= 15 is 0 Å². The highest BCUT2D eigenvalue weighted by molar-refractivity contribution is 6.62. The Morgan fingerprint density at radius 3 is 2.04 bits per heavy atom. The zero-order valence-corrected chi connectivity index (χ0v) is 16.1. The summed E-state index contributed by atoms with van der Waals surface area (Å²) in [5.74, 6) is 0. The molecule has 1 saturated heterocycles. The van der Waals surface area contributed by atoms with Crippen LogP contribution in [0.4, 0.5) is 5.69 Å². The van der Waals surface area contributed by atoms with E-state index in [9.17, 15) is 0 Å². The zero-order valence-electron chi connectivity index (χ0n) is 16.1. The monoisotopic (exact) mass is 337 g/mol. The van der Waals surface area contributed by atoms with Crippen molar-refractivity contribution in [1.82, 2.24) is 0 Å². The summed E-state index contributed by atoms with van der Waals surface area (Å²) in [4.78, 5) is 0. The van der Waals surface area contributed by atoms with Crippen molar-refractivity contribution in [3.8, 4) is 0 Å². The zero-order chi connectivity index (χ0) is 18.4. The standard InChI is InChI=1S/C21H28BNO2/c1-14-8-7-9-15(2)18(14)12-16-10-11-17(23)13-19(16)22-24-20(3,4)21(5,6)25-22/h7-11,13H,12,23H2,1-6H3. The Hall–Kier alpha value is -1.78. The molecule has 0 unspecified atom stereocenters. The Morgan fingerprint density at radius 1 is 0.920 bits per heavy atom. The topological polar surface area (TPSA) is 44.5 Å². The van der Waals surface area contributed by atoms with Crippen LogP contribution in [0.15, 0.2) is 36.4 Å². The largest absolute Gasteiger partial charge is 0.495 e. The van der Waals surface area contributed by atoms with Gasteiger partial charge in [-0.2, -0.15) is 0 Å². The molecule has 3 rings (SSSR count). The number of anilines is 1. The Balaban J connectivity index is 2.00. The molecule has 0 radical (unpaired) electrons. The van der Waals surface area contributed by atoms with Crippen LogP contribution in [0.3, 0.4) is 0 Å².